The Bertz CT molecular complexity index is 307. The number of carbonyl (C=O) groups is 1. The zero-order valence-corrected chi connectivity index (χ0v) is 11.3. The van der Waals surface area contributed by atoms with Crippen LogP contribution >= 0.6 is 0 Å². The Labute approximate surface area is 103 Å². The molecule has 0 fully saturated rings. The van der Waals surface area contributed by atoms with Crippen molar-refractivity contribution in [2.24, 2.45) is 4.99 Å². The first-order chi connectivity index (χ1) is 7.85. The summed E-state index contributed by atoms with van der Waals surface area (Å²) >= 11 is 0. The Morgan fingerprint density at radius 1 is 1.53 bits per heavy atom. The summed E-state index contributed by atoms with van der Waals surface area (Å²) in [5.41, 5.74) is -0.475. The molecule has 0 spiro atoms. The molecule has 1 atom stereocenters. The molecule has 17 heavy (non-hydrogen) atoms. The Morgan fingerprint density at radius 2 is 2.18 bits per heavy atom. The van der Waals surface area contributed by atoms with Gasteiger partial charge in [0.1, 0.15) is 11.6 Å². The predicted octanol–water partition coefficient (Wildman–Crippen LogP) is 2.06. The molecular weight excluding hydrogens is 220 g/mol. The monoisotopic (exact) mass is 242 g/mol. The van der Waals surface area contributed by atoms with E-state index in [2.05, 4.69) is 4.99 Å². The number of hydrogen-bond acceptors (Lipinski definition) is 4. The summed E-state index contributed by atoms with van der Waals surface area (Å²) in [6, 6.07) is -0.154. The van der Waals surface area contributed by atoms with E-state index in [1.54, 1.807) is 4.90 Å². The van der Waals surface area contributed by atoms with Gasteiger partial charge in [0, 0.05) is 6.54 Å². The molecule has 1 aliphatic heterocycles. The van der Waals surface area contributed by atoms with Gasteiger partial charge in [-0.25, -0.2) is 4.79 Å². The lowest BCUT2D eigenvalue weighted by Crippen LogP contribution is -2.50. The second-order valence-corrected chi connectivity index (χ2v) is 5.00. The van der Waals surface area contributed by atoms with E-state index in [0.717, 1.165) is 0 Å². The van der Waals surface area contributed by atoms with Crippen LogP contribution in [0.3, 0.4) is 0 Å². The minimum absolute atomic E-state index is 0.154. The van der Waals surface area contributed by atoms with Crippen molar-refractivity contribution in [3.63, 3.8) is 0 Å². The standard InChI is InChI=1S/C12H22N2O3/c1-6-16-10-9(2)14(8-7-13-10)11(15)17-12(3,4)5/h9H,6-8H2,1-5H3/t9-/m1/s1. The minimum Gasteiger partial charge on any atom is -0.480 e. The highest BCUT2D eigenvalue weighted by Gasteiger charge is 2.31. The van der Waals surface area contributed by atoms with E-state index in [1.165, 1.54) is 0 Å². The predicted molar refractivity (Wildman–Crippen MR) is 66.3 cm³/mol. The van der Waals surface area contributed by atoms with Crippen LogP contribution in [0.25, 0.3) is 0 Å². The van der Waals surface area contributed by atoms with Gasteiger partial charge in [0.05, 0.1) is 13.2 Å². The smallest absolute Gasteiger partial charge is 0.411 e. The summed E-state index contributed by atoms with van der Waals surface area (Å²) in [5, 5.41) is 0. The van der Waals surface area contributed by atoms with Crippen molar-refractivity contribution in [1.82, 2.24) is 4.90 Å². The van der Waals surface area contributed by atoms with Crippen molar-refractivity contribution < 1.29 is 14.3 Å². The molecule has 0 saturated heterocycles. The number of amides is 1. The molecule has 0 bridgehead atoms. The van der Waals surface area contributed by atoms with Gasteiger partial charge in [0.25, 0.3) is 0 Å². The van der Waals surface area contributed by atoms with Crippen molar-refractivity contribution >= 4 is 12.0 Å². The molecule has 98 valence electrons. The van der Waals surface area contributed by atoms with E-state index in [1.807, 2.05) is 34.6 Å². The molecule has 0 aromatic heterocycles. The summed E-state index contributed by atoms with van der Waals surface area (Å²) < 4.78 is 10.8. The van der Waals surface area contributed by atoms with Crippen LogP contribution in [0.1, 0.15) is 34.6 Å². The summed E-state index contributed by atoms with van der Waals surface area (Å²) in [6.45, 7) is 11.1. The van der Waals surface area contributed by atoms with Crippen molar-refractivity contribution in [3.8, 4) is 0 Å². The Kier molecular flexibility index (Phi) is 4.37. The third-order valence-corrected chi connectivity index (χ3v) is 2.35. The van der Waals surface area contributed by atoms with Crippen molar-refractivity contribution in [1.29, 1.82) is 0 Å². The van der Waals surface area contributed by atoms with Crippen LogP contribution in [0.15, 0.2) is 4.99 Å². The molecule has 1 amide bonds. The lowest BCUT2D eigenvalue weighted by atomic mass is 10.2. The van der Waals surface area contributed by atoms with E-state index in [4.69, 9.17) is 9.47 Å². The Hall–Kier alpha value is -1.26. The molecule has 0 saturated carbocycles. The van der Waals surface area contributed by atoms with Crippen LogP contribution in [0, 0.1) is 0 Å². The van der Waals surface area contributed by atoms with E-state index >= 15 is 0 Å². The average molecular weight is 242 g/mol. The van der Waals surface area contributed by atoms with Gasteiger partial charge in [-0.15, -0.1) is 0 Å². The third-order valence-electron chi connectivity index (χ3n) is 2.35. The topological polar surface area (TPSA) is 51.1 Å². The second-order valence-electron chi connectivity index (χ2n) is 5.00. The largest absolute Gasteiger partial charge is 0.480 e. The number of ether oxygens (including phenoxy) is 2. The van der Waals surface area contributed by atoms with E-state index in [-0.39, 0.29) is 12.1 Å². The normalized spacial score (nSPS) is 20.9. The zero-order valence-electron chi connectivity index (χ0n) is 11.3. The van der Waals surface area contributed by atoms with Gasteiger partial charge in [-0.1, -0.05) is 0 Å². The van der Waals surface area contributed by atoms with E-state index in [0.29, 0.717) is 25.6 Å². The molecular formula is C12H22N2O3. The van der Waals surface area contributed by atoms with Crippen LogP contribution in [0.4, 0.5) is 4.79 Å². The number of rotatable bonds is 1. The first kappa shape index (κ1) is 13.8. The molecule has 0 aliphatic carbocycles. The van der Waals surface area contributed by atoms with Gasteiger partial charge < -0.3 is 9.47 Å². The number of aliphatic imine (C=N–C) groups is 1. The fraction of sp³-hybridized carbons (Fsp3) is 0.833. The number of hydrogen-bond donors (Lipinski definition) is 0. The molecule has 1 rings (SSSR count). The Morgan fingerprint density at radius 3 is 2.71 bits per heavy atom. The number of nitrogens with zero attached hydrogens (tertiary/aromatic N) is 2. The van der Waals surface area contributed by atoms with Gasteiger partial charge in [0.2, 0.25) is 5.90 Å². The highest BCUT2D eigenvalue weighted by atomic mass is 16.6. The van der Waals surface area contributed by atoms with Crippen molar-refractivity contribution in [2.75, 3.05) is 19.7 Å². The first-order valence-electron chi connectivity index (χ1n) is 6.02. The summed E-state index contributed by atoms with van der Waals surface area (Å²) in [5.74, 6) is 0.615. The first-order valence-corrected chi connectivity index (χ1v) is 6.02. The maximum atomic E-state index is 12.0. The summed E-state index contributed by atoms with van der Waals surface area (Å²) in [4.78, 5) is 17.9. The van der Waals surface area contributed by atoms with Crippen molar-refractivity contribution in [2.45, 2.75) is 46.3 Å². The highest BCUT2D eigenvalue weighted by Crippen LogP contribution is 2.15. The minimum atomic E-state index is -0.475. The fourth-order valence-corrected chi connectivity index (χ4v) is 1.61. The molecule has 0 aromatic rings. The SMILES string of the molecule is CCOC1=NCCN(C(=O)OC(C)(C)C)[C@@H]1C. The Balaban J connectivity index is 2.67. The van der Waals surface area contributed by atoms with Gasteiger partial charge in [-0.05, 0) is 34.6 Å². The van der Waals surface area contributed by atoms with E-state index < -0.39 is 5.60 Å². The van der Waals surface area contributed by atoms with Crippen LogP contribution < -0.4 is 0 Å². The zero-order chi connectivity index (χ0) is 13.1. The van der Waals surface area contributed by atoms with Gasteiger partial charge in [-0.3, -0.25) is 9.89 Å². The van der Waals surface area contributed by atoms with Crippen LogP contribution in [0.2, 0.25) is 0 Å². The van der Waals surface area contributed by atoms with Crippen LogP contribution in [-0.2, 0) is 9.47 Å². The van der Waals surface area contributed by atoms with Crippen molar-refractivity contribution in [3.05, 3.63) is 0 Å². The molecule has 0 N–H and O–H groups in total. The second kappa shape index (κ2) is 5.38. The molecule has 0 unspecified atom stereocenters. The molecule has 0 aromatic carbocycles. The van der Waals surface area contributed by atoms with Gasteiger partial charge in [0.15, 0.2) is 0 Å². The lowest BCUT2D eigenvalue weighted by Gasteiger charge is -2.34. The molecule has 5 nitrogen and oxygen atoms in total. The van der Waals surface area contributed by atoms with E-state index in [9.17, 15) is 4.79 Å². The molecule has 5 heteroatoms. The summed E-state index contributed by atoms with van der Waals surface area (Å²) in [7, 11) is 0. The van der Waals surface area contributed by atoms with Gasteiger partial charge in [-0.2, -0.15) is 0 Å². The fourth-order valence-electron chi connectivity index (χ4n) is 1.61. The molecule has 0 radical (unpaired) electrons. The van der Waals surface area contributed by atoms with Gasteiger partial charge >= 0.3 is 6.09 Å². The molecule has 1 aliphatic rings. The third kappa shape index (κ3) is 3.91. The lowest BCUT2D eigenvalue weighted by molar-refractivity contribution is 0.0201. The highest BCUT2D eigenvalue weighted by molar-refractivity contribution is 5.86. The summed E-state index contributed by atoms with van der Waals surface area (Å²) in [6.07, 6.45) is -0.308. The number of carbonyl (C=O) groups excluding carboxylic acids is 1. The average Bonchev–Trinajstić information content (AvgIpc) is 2.18. The van der Waals surface area contributed by atoms with Crippen LogP contribution in [0.5, 0.6) is 0 Å². The maximum Gasteiger partial charge on any atom is 0.411 e. The quantitative estimate of drug-likeness (QED) is 0.707. The van der Waals surface area contributed by atoms with Crippen LogP contribution in [-0.4, -0.2) is 48.2 Å². The maximum absolute atomic E-state index is 12.0. The molecule has 1 heterocycles.